The molecule has 1 aliphatic carbocycles. The molecule has 0 spiro atoms. The third-order valence-electron chi connectivity index (χ3n) is 5.44. The third kappa shape index (κ3) is 4.16. The van der Waals surface area contributed by atoms with Crippen molar-refractivity contribution >= 4 is 17.5 Å². The second kappa shape index (κ2) is 7.39. The van der Waals surface area contributed by atoms with Crippen LogP contribution in [-0.2, 0) is 20.5 Å². The van der Waals surface area contributed by atoms with E-state index in [4.69, 9.17) is 4.74 Å². The minimum Gasteiger partial charge on any atom is -0.366 e. The van der Waals surface area contributed by atoms with Crippen molar-refractivity contribution in [2.24, 2.45) is 17.8 Å². The predicted octanol–water partition coefficient (Wildman–Crippen LogP) is 3.47. The van der Waals surface area contributed by atoms with Gasteiger partial charge in [0, 0.05) is 24.7 Å². The minimum atomic E-state index is -4.41. The van der Waals surface area contributed by atoms with Crippen LogP contribution in [0.4, 0.5) is 18.9 Å². The Morgan fingerprint density at radius 2 is 1.79 bits per heavy atom. The van der Waals surface area contributed by atoms with Crippen LogP contribution >= 0.6 is 0 Å². The van der Waals surface area contributed by atoms with Crippen LogP contribution in [0.25, 0.3) is 0 Å². The number of carbonyl (C=O) groups excluding carboxylic acids is 2. The first kappa shape index (κ1) is 20.6. The van der Waals surface area contributed by atoms with Gasteiger partial charge >= 0.3 is 6.18 Å². The van der Waals surface area contributed by atoms with Gasteiger partial charge in [0.2, 0.25) is 5.91 Å². The van der Waals surface area contributed by atoms with Crippen LogP contribution in [0.15, 0.2) is 18.2 Å². The number of hydrogen-bond acceptors (Lipinski definition) is 3. The monoisotopic (exact) mass is 398 g/mol. The molecule has 1 heterocycles. The van der Waals surface area contributed by atoms with Gasteiger partial charge in [-0.2, -0.15) is 13.2 Å². The Morgan fingerprint density at radius 3 is 2.29 bits per heavy atom. The van der Waals surface area contributed by atoms with E-state index in [0.29, 0.717) is 24.3 Å². The molecule has 2 fully saturated rings. The van der Waals surface area contributed by atoms with Crippen molar-refractivity contribution in [2.45, 2.75) is 46.1 Å². The fraction of sp³-hybridized carbons (Fsp3) is 0.600. The molecular formula is C20H25F3N2O3. The summed E-state index contributed by atoms with van der Waals surface area (Å²) >= 11 is 0. The predicted molar refractivity (Wildman–Crippen MR) is 97.5 cm³/mol. The number of carbonyl (C=O) groups is 2. The van der Waals surface area contributed by atoms with E-state index in [1.165, 1.54) is 13.0 Å². The Kier molecular flexibility index (Phi) is 5.44. The van der Waals surface area contributed by atoms with Gasteiger partial charge in [0.25, 0.3) is 5.91 Å². The van der Waals surface area contributed by atoms with Crippen LogP contribution in [0.2, 0.25) is 0 Å². The number of likely N-dealkylation sites (tertiary alicyclic amines) is 1. The zero-order valence-corrected chi connectivity index (χ0v) is 16.3. The average Bonchev–Trinajstić information content (AvgIpc) is 3.08. The Labute approximate surface area is 162 Å². The molecule has 28 heavy (non-hydrogen) atoms. The average molecular weight is 398 g/mol. The molecular weight excluding hydrogens is 373 g/mol. The number of halogens is 3. The third-order valence-corrected chi connectivity index (χ3v) is 5.44. The number of nitrogens with one attached hydrogen (secondary N) is 1. The summed E-state index contributed by atoms with van der Waals surface area (Å²) in [5, 5.41) is 2.74. The van der Waals surface area contributed by atoms with Gasteiger partial charge < -0.3 is 15.0 Å². The molecule has 1 aromatic carbocycles. The van der Waals surface area contributed by atoms with Crippen molar-refractivity contribution in [2.75, 3.05) is 18.4 Å². The van der Waals surface area contributed by atoms with Gasteiger partial charge in [0.1, 0.15) is 6.10 Å². The lowest BCUT2D eigenvalue weighted by Crippen LogP contribution is -2.40. The van der Waals surface area contributed by atoms with Crippen molar-refractivity contribution in [3.05, 3.63) is 29.3 Å². The van der Waals surface area contributed by atoms with E-state index >= 15 is 0 Å². The fourth-order valence-corrected chi connectivity index (χ4v) is 4.02. The number of ether oxygens (including phenoxy) is 1. The molecule has 1 N–H and O–H groups in total. The first-order valence-electron chi connectivity index (χ1n) is 9.42. The number of fused-ring (bicyclic) bond motifs is 1. The van der Waals surface area contributed by atoms with Gasteiger partial charge in [-0.05, 0) is 63.3 Å². The Balaban J connectivity index is 1.55. The molecule has 154 valence electrons. The zero-order valence-electron chi connectivity index (χ0n) is 16.3. The second-order valence-corrected chi connectivity index (χ2v) is 7.94. The number of amides is 2. The number of alkyl halides is 3. The lowest BCUT2D eigenvalue weighted by molar-refractivity contribution is -0.145. The SMILES string of the molecule is Cc1cc(C(F)(F)F)ccc1NC(=O)C1[C@H]2CN(C(=O)[C@H](C)OC(C)C)C[C@H]12. The molecule has 2 amide bonds. The minimum absolute atomic E-state index is 0.0402. The maximum absolute atomic E-state index is 12.8. The summed E-state index contributed by atoms with van der Waals surface area (Å²) in [6.45, 7) is 8.03. The second-order valence-electron chi connectivity index (χ2n) is 7.94. The number of rotatable bonds is 5. The van der Waals surface area contributed by atoms with E-state index in [-0.39, 0.29) is 35.7 Å². The molecule has 0 bridgehead atoms. The normalized spacial score (nSPS) is 24.9. The van der Waals surface area contributed by atoms with Crippen LogP contribution in [0.5, 0.6) is 0 Å². The van der Waals surface area contributed by atoms with Crippen LogP contribution in [0.3, 0.4) is 0 Å². The Bertz CT molecular complexity index is 766. The molecule has 0 unspecified atom stereocenters. The number of piperidine rings is 1. The van der Waals surface area contributed by atoms with E-state index in [9.17, 15) is 22.8 Å². The summed E-state index contributed by atoms with van der Waals surface area (Å²) in [6.07, 6.45) is -4.96. The van der Waals surface area contributed by atoms with Crippen LogP contribution in [0.1, 0.15) is 31.9 Å². The lowest BCUT2D eigenvalue weighted by atomic mass is 10.1. The first-order chi connectivity index (χ1) is 13.0. The molecule has 1 aliphatic heterocycles. The maximum atomic E-state index is 12.8. The topological polar surface area (TPSA) is 58.6 Å². The van der Waals surface area contributed by atoms with Gasteiger partial charge in [0.15, 0.2) is 0 Å². The van der Waals surface area contributed by atoms with E-state index < -0.39 is 17.8 Å². The largest absolute Gasteiger partial charge is 0.416 e. The molecule has 1 saturated heterocycles. The summed E-state index contributed by atoms with van der Waals surface area (Å²) < 4.78 is 43.8. The van der Waals surface area contributed by atoms with Crippen LogP contribution in [-0.4, -0.2) is 42.0 Å². The number of anilines is 1. The highest BCUT2D eigenvalue weighted by atomic mass is 19.4. The molecule has 2 aliphatic rings. The summed E-state index contributed by atoms with van der Waals surface area (Å²) in [4.78, 5) is 26.6. The molecule has 1 saturated carbocycles. The van der Waals surface area contributed by atoms with E-state index in [0.717, 1.165) is 12.1 Å². The van der Waals surface area contributed by atoms with Crippen molar-refractivity contribution in [1.82, 2.24) is 4.90 Å². The first-order valence-corrected chi connectivity index (χ1v) is 9.42. The Hall–Kier alpha value is -2.09. The summed E-state index contributed by atoms with van der Waals surface area (Å²) in [7, 11) is 0. The van der Waals surface area contributed by atoms with Gasteiger partial charge in [-0.25, -0.2) is 0 Å². The number of hydrogen-bond donors (Lipinski definition) is 1. The summed E-state index contributed by atoms with van der Waals surface area (Å²) in [5.74, 6) is -0.267. The number of aryl methyl sites for hydroxylation is 1. The summed E-state index contributed by atoms with van der Waals surface area (Å²) in [6, 6.07) is 3.28. The lowest BCUT2D eigenvalue weighted by Gasteiger charge is -2.24. The molecule has 8 heteroatoms. The molecule has 3 atom stereocenters. The van der Waals surface area contributed by atoms with E-state index in [1.807, 2.05) is 13.8 Å². The van der Waals surface area contributed by atoms with Crippen LogP contribution in [0, 0.1) is 24.7 Å². The van der Waals surface area contributed by atoms with E-state index in [1.54, 1.807) is 11.8 Å². The number of nitrogens with zero attached hydrogens (tertiary/aromatic N) is 1. The van der Waals surface area contributed by atoms with Gasteiger partial charge in [-0.3, -0.25) is 9.59 Å². The quantitative estimate of drug-likeness (QED) is 0.826. The molecule has 3 rings (SSSR count). The van der Waals surface area contributed by atoms with Gasteiger partial charge in [0.05, 0.1) is 11.7 Å². The van der Waals surface area contributed by atoms with Crippen molar-refractivity contribution in [3.8, 4) is 0 Å². The highest BCUT2D eigenvalue weighted by Gasteiger charge is 2.60. The molecule has 5 nitrogen and oxygen atoms in total. The molecule has 0 radical (unpaired) electrons. The van der Waals surface area contributed by atoms with Crippen molar-refractivity contribution < 1.29 is 27.5 Å². The van der Waals surface area contributed by atoms with Crippen molar-refractivity contribution in [3.63, 3.8) is 0 Å². The highest BCUT2D eigenvalue weighted by molar-refractivity contribution is 5.96. The summed E-state index contributed by atoms with van der Waals surface area (Å²) in [5.41, 5.74) is 0.0125. The smallest absolute Gasteiger partial charge is 0.366 e. The highest BCUT2D eigenvalue weighted by Crippen LogP contribution is 2.52. The maximum Gasteiger partial charge on any atom is 0.416 e. The molecule has 0 aromatic heterocycles. The van der Waals surface area contributed by atoms with Crippen LogP contribution < -0.4 is 5.32 Å². The number of benzene rings is 1. The van der Waals surface area contributed by atoms with Gasteiger partial charge in [-0.15, -0.1) is 0 Å². The Morgan fingerprint density at radius 1 is 1.18 bits per heavy atom. The zero-order chi connectivity index (χ0) is 20.8. The fourth-order valence-electron chi connectivity index (χ4n) is 4.02. The van der Waals surface area contributed by atoms with E-state index in [2.05, 4.69) is 5.32 Å². The van der Waals surface area contributed by atoms with Crippen molar-refractivity contribution in [1.29, 1.82) is 0 Å². The van der Waals surface area contributed by atoms with Gasteiger partial charge in [-0.1, -0.05) is 0 Å². The standard InChI is InChI=1S/C20H25F3N2O3/c1-10(2)28-12(4)19(27)25-8-14-15(9-25)17(14)18(26)24-16-6-5-13(7-11(16)3)20(21,22)23/h5-7,10,12,14-15,17H,8-9H2,1-4H3,(H,24,26)/t12-,14-,15-/m0/s1. The molecule has 1 aromatic rings.